The van der Waals surface area contributed by atoms with Crippen LogP contribution in [0, 0.1) is 20.2 Å². The topological polar surface area (TPSA) is 111 Å². The lowest BCUT2D eigenvalue weighted by Gasteiger charge is -2.07. The van der Waals surface area contributed by atoms with Crippen LogP contribution in [0.5, 0.6) is 0 Å². The highest BCUT2D eigenvalue weighted by Gasteiger charge is 2.08. The summed E-state index contributed by atoms with van der Waals surface area (Å²) in [6.07, 6.45) is 1.80. The minimum atomic E-state index is -0.482. The van der Waals surface area contributed by atoms with Crippen molar-refractivity contribution in [2.24, 2.45) is 4.99 Å². The van der Waals surface area contributed by atoms with E-state index < -0.39 is 9.85 Å². The minimum Gasteiger partial charge on any atom is -0.334 e. The third kappa shape index (κ3) is 4.51. The van der Waals surface area contributed by atoms with Gasteiger partial charge in [0.15, 0.2) is 5.17 Å². The van der Waals surface area contributed by atoms with Gasteiger partial charge in [0.25, 0.3) is 11.4 Å². The summed E-state index contributed by atoms with van der Waals surface area (Å²) in [6, 6.07) is 11.9. The molecule has 0 aliphatic rings. The first-order chi connectivity index (χ1) is 11.0. The number of nitrogens with zero attached hydrogens (tertiary/aromatic N) is 3. The second kappa shape index (κ2) is 7.36. The summed E-state index contributed by atoms with van der Waals surface area (Å²) in [5.41, 5.74) is 1.04. The van der Waals surface area contributed by atoms with Crippen molar-refractivity contribution in [3.05, 3.63) is 68.8 Å². The fourth-order valence-corrected chi connectivity index (χ4v) is 2.13. The van der Waals surface area contributed by atoms with Gasteiger partial charge in [-0.1, -0.05) is 17.8 Å². The largest absolute Gasteiger partial charge is 0.334 e. The SMILES string of the molecule is CSC(=Nc1ccc([N+](=O)[O-])cc1)Nc1cccc([N+](=O)[O-])c1. The zero-order valence-electron chi connectivity index (χ0n) is 12.0. The molecule has 0 fully saturated rings. The van der Waals surface area contributed by atoms with Crippen LogP contribution in [0.25, 0.3) is 0 Å². The van der Waals surface area contributed by atoms with E-state index in [4.69, 9.17) is 0 Å². The maximum absolute atomic E-state index is 10.8. The van der Waals surface area contributed by atoms with Crippen molar-refractivity contribution in [2.45, 2.75) is 0 Å². The first kappa shape index (κ1) is 16.4. The van der Waals surface area contributed by atoms with Gasteiger partial charge >= 0.3 is 0 Å². The molecule has 0 atom stereocenters. The number of aliphatic imine (C=N–C) groups is 1. The molecule has 2 aromatic carbocycles. The Morgan fingerprint density at radius 2 is 1.70 bits per heavy atom. The molecular weight excluding hydrogens is 320 g/mol. The van der Waals surface area contributed by atoms with Crippen LogP contribution < -0.4 is 5.32 Å². The summed E-state index contributed by atoms with van der Waals surface area (Å²) in [7, 11) is 0. The van der Waals surface area contributed by atoms with Crippen molar-refractivity contribution < 1.29 is 9.85 Å². The summed E-state index contributed by atoms with van der Waals surface area (Å²) < 4.78 is 0. The molecule has 118 valence electrons. The Bertz CT molecular complexity index is 762. The maximum Gasteiger partial charge on any atom is 0.271 e. The van der Waals surface area contributed by atoms with Crippen LogP contribution in [-0.2, 0) is 0 Å². The number of nitrogens with one attached hydrogen (secondary N) is 1. The molecule has 0 aliphatic carbocycles. The number of amidine groups is 1. The first-order valence-electron chi connectivity index (χ1n) is 6.38. The first-order valence-corrected chi connectivity index (χ1v) is 7.60. The van der Waals surface area contributed by atoms with Crippen molar-refractivity contribution in [3.63, 3.8) is 0 Å². The van der Waals surface area contributed by atoms with E-state index in [9.17, 15) is 20.2 Å². The van der Waals surface area contributed by atoms with Gasteiger partial charge in [0.05, 0.1) is 15.5 Å². The average Bonchev–Trinajstić information content (AvgIpc) is 2.55. The number of anilines is 1. The fourth-order valence-electron chi connectivity index (χ4n) is 1.71. The minimum absolute atomic E-state index is 0.0127. The number of thioether (sulfide) groups is 1. The van der Waals surface area contributed by atoms with E-state index >= 15 is 0 Å². The van der Waals surface area contributed by atoms with E-state index in [0.29, 0.717) is 16.5 Å². The van der Waals surface area contributed by atoms with Gasteiger partial charge in [-0.05, 0) is 24.5 Å². The highest BCUT2D eigenvalue weighted by Crippen LogP contribution is 2.22. The summed E-state index contributed by atoms with van der Waals surface area (Å²) in [5, 5.41) is 24.9. The molecule has 8 nitrogen and oxygen atoms in total. The second-order valence-electron chi connectivity index (χ2n) is 4.33. The van der Waals surface area contributed by atoms with Crippen LogP contribution in [0.15, 0.2) is 53.5 Å². The molecular formula is C14H12N4O4S. The number of nitro groups is 2. The molecule has 0 spiro atoms. The predicted octanol–water partition coefficient (Wildman–Crippen LogP) is 3.97. The van der Waals surface area contributed by atoms with Gasteiger partial charge in [0.2, 0.25) is 0 Å². The van der Waals surface area contributed by atoms with Crippen molar-refractivity contribution in [2.75, 3.05) is 11.6 Å². The molecule has 0 radical (unpaired) electrons. The Balaban J connectivity index is 2.20. The molecule has 2 rings (SSSR count). The van der Waals surface area contributed by atoms with Gasteiger partial charge in [-0.25, -0.2) is 4.99 Å². The Morgan fingerprint density at radius 1 is 1.04 bits per heavy atom. The van der Waals surface area contributed by atoms with Crippen LogP contribution in [0.3, 0.4) is 0 Å². The quantitative estimate of drug-likeness (QED) is 0.392. The molecule has 0 aliphatic heterocycles. The van der Waals surface area contributed by atoms with Gasteiger partial charge in [0, 0.05) is 30.0 Å². The van der Waals surface area contributed by atoms with E-state index in [1.165, 1.54) is 48.2 Å². The Kier molecular flexibility index (Phi) is 5.26. The zero-order chi connectivity index (χ0) is 16.8. The molecule has 0 saturated carbocycles. The Hall–Kier alpha value is -2.94. The fraction of sp³-hybridized carbons (Fsp3) is 0.0714. The van der Waals surface area contributed by atoms with E-state index in [2.05, 4.69) is 10.3 Å². The molecule has 1 N–H and O–H groups in total. The molecule has 23 heavy (non-hydrogen) atoms. The molecule has 0 aromatic heterocycles. The average molecular weight is 332 g/mol. The van der Waals surface area contributed by atoms with Crippen molar-refractivity contribution in [1.82, 2.24) is 0 Å². The number of rotatable bonds is 4. The third-order valence-corrected chi connectivity index (χ3v) is 3.37. The van der Waals surface area contributed by atoms with Crippen LogP contribution in [0.2, 0.25) is 0 Å². The summed E-state index contributed by atoms with van der Waals surface area (Å²) >= 11 is 1.32. The Morgan fingerprint density at radius 3 is 2.26 bits per heavy atom. The molecule has 0 bridgehead atoms. The second-order valence-corrected chi connectivity index (χ2v) is 5.12. The smallest absolute Gasteiger partial charge is 0.271 e. The molecule has 0 unspecified atom stereocenters. The summed E-state index contributed by atoms with van der Waals surface area (Å²) in [6.45, 7) is 0. The highest BCUT2D eigenvalue weighted by molar-refractivity contribution is 8.13. The van der Waals surface area contributed by atoms with E-state index in [1.807, 2.05) is 0 Å². The lowest BCUT2D eigenvalue weighted by Crippen LogP contribution is -2.07. The zero-order valence-corrected chi connectivity index (χ0v) is 12.8. The van der Waals surface area contributed by atoms with Gasteiger partial charge < -0.3 is 5.32 Å². The lowest BCUT2D eigenvalue weighted by molar-refractivity contribution is -0.385. The molecule has 9 heteroatoms. The molecule has 0 saturated heterocycles. The number of benzene rings is 2. The van der Waals surface area contributed by atoms with E-state index in [0.717, 1.165) is 0 Å². The standard InChI is InChI=1S/C14H12N4O4S/c1-23-14(15-10-5-7-12(8-6-10)17(19)20)16-11-3-2-4-13(9-11)18(21)22/h2-9H,1H3,(H,15,16). The van der Waals surface area contributed by atoms with Crippen LogP contribution in [-0.4, -0.2) is 21.3 Å². The number of hydrogen-bond acceptors (Lipinski definition) is 6. The van der Waals surface area contributed by atoms with E-state index in [1.54, 1.807) is 18.4 Å². The third-order valence-electron chi connectivity index (χ3n) is 2.79. The van der Waals surface area contributed by atoms with Crippen molar-refractivity contribution >= 4 is 39.7 Å². The summed E-state index contributed by atoms with van der Waals surface area (Å²) in [5.74, 6) is 0. The monoisotopic (exact) mass is 332 g/mol. The van der Waals surface area contributed by atoms with Gasteiger partial charge in [-0.15, -0.1) is 0 Å². The predicted molar refractivity (Wildman–Crippen MR) is 90.4 cm³/mol. The normalized spacial score (nSPS) is 11.1. The number of hydrogen-bond donors (Lipinski definition) is 1. The van der Waals surface area contributed by atoms with Crippen molar-refractivity contribution in [3.8, 4) is 0 Å². The Labute approximate surface area is 135 Å². The van der Waals surface area contributed by atoms with Gasteiger partial charge in [0.1, 0.15) is 0 Å². The number of non-ortho nitro benzene ring substituents is 2. The highest BCUT2D eigenvalue weighted by atomic mass is 32.2. The van der Waals surface area contributed by atoms with Crippen LogP contribution >= 0.6 is 11.8 Å². The van der Waals surface area contributed by atoms with Crippen molar-refractivity contribution in [1.29, 1.82) is 0 Å². The van der Waals surface area contributed by atoms with Crippen LogP contribution in [0.1, 0.15) is 0 Å². The molecule has 0 amide bonds. The molecule has 2 aromatic rings. The lowest BCUT2D eigenvalue weighted by atomic mass is 10.3. The van der Waals surface area contributed by atoms with Gasteiger partial charge in [-0.3, -0.25) is 20.2 Å². The van der Waals surface area contributed by atoms with Gasteiger partial charge in [-0.2, -0.15) is 0 Å². The van der Waals surface area contributed by atoms with E-state index in [-0.39, 0.29) is 11.4 Å². The summed E-state index contributed by atoms with van der Waals surface area (Å²) in [4.78, 5) is 24.8. The molecule has 0 heterocycles. The maximum atomic E-state index is 10.8. The van der Waals surface area contributed by atoms with Crippen LogP contribution in [0.4, 0.5) is 22.7 Å². The number of nitro benzene ring substituents is 2.